The van der Waals surface area contributed by atoms with Crippen LogP contribution in [-0.2, 0) is 19.6 Å². The lowest BCUT2D eigenvalue weighted by Gasteiger charge is -2.33. The van der Waals surface area contributed by atoms with Gasteiger partial charge in [0.2, 0.25) is 10.0 Å². The normalized spacial score (nSPS) is 15.0. The number of fused-ring (bicyclic) bond motifs is 1. The third kappa shape index (κ3) is 4.60. The number of ether oxygens (including phenoxy) is 1. The molecule has 0 saturated carbocycles. The minimum Gasteiger partial charge on any atom is -0.452 e. The summed E-state index contributed by atoms with van der Waals surface area (Å²) < 4.78 is 31.9. The van der Waals surface area contributed by atoms with Gasteiger partial charge in [0.15, 0.2) is 6.61 Å². The molecule has 31 heavy (non-hydrogen) atoms. The maximum Gasteiger partial charge on any atom is 0.338 e. The Bertz CT molecular complexity index is 1200. The first-order valence-electron chi connectivity index (χ1n) is 9.94. The zero-order valence-corrected chi connectivity index (χ0v) is 17.6. The van der Waals surface area contributed by atoms with Gasteiger partial charge in [0.05, 0.1) is 10.5 Å². The summed E-state index contributed by atoms with van der Waals surface area (Å²) in [4.78, 5) is 26.5. The third-order valence-corrected chi connectivity index (χ3v) is 7.20. The number of hydrogen-bond acceptors (Lipinski definition) is 5. The molecule has 0 spiro atoms. The van der Waals surface area contributed by atoms with Crippen molar-refractivity contribution in [3.8, 4) is 0 Å². The van der Waals surface area contributed by atoms with Gasteiger partial charge < -0.3 is 9.64 Å². The van der Waals surface area contributed by atoms with E-state index in [0.29, 0.717) is 5.56 Å². The fraction of sp³-hybridized carbons (Fsp3) is 0.217. The molecular formula is C23H22N2O5S. The lowest BCUT2D eigenvalue weighted by molar-refractivity contribution is -0.135. The smallest absolute Gasteiger partial charge is 0.338 e. The Kier molecular flexibility index (Phi) is 6.01. The van der Waals surface area contributed by atoms with Crippen LogP contribution in [0.15, 0.2) is 77.7 Å². The summed E-state index contributed by atoms with van der Waals surface area (Å²) in [5.74, 6) is -0.907. The van der Waals surface area contributed by atoms with Crippen LogP contribution in [0.5, 0.6) is 0 Å². The zero-order chi connectivity index (χ0) is 21.8. The summed E-state index contributed by atoms with van der Waals surface area (Å²) in [6.45, 7) is 0.511. The molecule has 0 aliphatic carbocycles. The first kappa shape index (κ1) is 21.0. The van der Waals surface area contributed by atoms with Crippen molar-refractivity contribution in [2.75, 3.05) is 32.8 Å². The number of nitrogens with zero attached hydrogens (tertiary/aromatic N) is 2. The van der Waals surface area contributed by atoms with Crippen LogP contribution >= 0.6 is 0 Å². The number of piperazine rings is 1. The molecule has 1 amide bonds. The number of carbonyl (C=O) groups excluding carboxylic acids is 2. The van der Waals surface area contributed by atoms with Gasteiger partial charge in [-0.25, -0.2) is 13.2 Å². The standard InChI is InChI=1S/C23H22N2O5S/c26-22(17-30-23(27)20-11-10-18-6-4-5-7-19(18)16-20)24-12-14-25(15-13-24)31(28,29)21-8-2-1-3-9-21/h1-11,16H,12-15,17H2. The summed E-state index contributed by atoms with van der Waals surface area (Å²) in [6.07, 6.45) is 0. The summed E-state index contributed by atoms with van der Waals surface area (Å²) in [6, 6.07) is 21.1. The van der Waals surface area contributed by atoms with E-state index in [1.807, 2.05) is 30.3 Å². The second-order valence-corrected chi connectivity index (χ2v) is 9.17. The first-order valence-corrected chi connectivity index (χ1v) is 11.4. The highest BCUT2D eigenvalue weighted by Gasteiger charge is 2.30. The number of benzene rings is 3. The van der Waals surface area contributed by atoms with E-state index in [2.05, 4.69) is 0 Å². The molecule has 1 fully saturated rings. The van der Waals surface area contributed by atoms with Gasteiger partial charge >= 0.3 is 5.97 Å². The van der Waals surface area contributed by atoms with Gasteiger partial charge in [-0.15, -0.1) is 0 Å². The van der Waals surface area contributed by atoms with E-state index in [-0.39, 0.29) is 43.6 Å². The monoisotopic (exact) mass is 438 g/mol. The van der Waals surface area contributed by atoms with Crippen molar-refractivity contribution in [3.63, 3.8) is 0 Å². The van der Waals surface area contributed by atoms with E-state index in [4.69, 9.17) is 4.74 Å². The van der Waals surface area contributed by atoms with Crippen LogP contribution in [-0.4, -0.2) is 62.3 Å². The summed E-state index contributed by atoms with van der Waals surface area (Å²) in [7, 11) is -3.58. The van der Waals surface area contributed by atoms with Gasteiger partial charge in [-0.2, -0.15) is 4.31 Å². The van der Waals surface area contributed by atoms with Crippen molar-refractivity contribution in [1.82, 2.24) is 9.21 Å². The molecule has 160 valence electrons. The number of sulfonamides is 1. The number of rotatable bonds is 5. The Balaban J connectivity index is 1.31. The Hall–Kier alpha value is -3.23. The van der Waals surface area contributed by atoms with Crippen molar-refractivity contribution in [2.45, 2.75) is 4.90 Å². The molecule has 0 bridgehead atoms. The average Bonchev–Trinajstić information content (AvgIpc) is 2.82. The molecule has 0 unspecified atom stereocenters. The number of amides is 1. The lowest BCUT2D eigenvalue weighted by Crippen LogP contribution is -2.51. The number of carbonyl (C=O) groups is 2. The lowest BCUT2D eigenvalue weighted by atomic mass is 10.1. The Labute approximate surface area is 180 Å². The molecule has 3 aromatic carbocycles. The predicted octanol–water partition coefficient (Wildman–Crippen LogP) is 2.53. The van der Waals surface area contributed by atoms with Gasteiger partial charge in [-0.3, -0.25) is 4.79 Å². The minimum absolute atomic E-state index is 0.196. The van der Waals surface area contributed by atoms with Crippen molar-refractivity contribution in [1.29, 1.82) is 0 Å². The molecule has 4 rings (SSSR count). The fourth-order valence-corrected chi connectivity index (χ4v) is 4.98. The fourth-order valence-electron chi connectivity index (χ4n) is 3.54. The van der Waals surface area contributed by atoms with Crippen LogP contribution < -0.4 is 0 Å². The summed E-state index contributed by atoms with van der Waals surface area (Å²) in [5, 5.41) is 1.93. The maximum absolute atomic E-state index is 12.7. The van der Waals surface area contributed by atoms with Crippen molar-refractivity contribution in [3.05, 3.63) is 78.4 Å². The highest BCUT2D eigenvalue weighted by Crippen LogP contribution is 2.18. The molecule has 8 heteroatoms. The van der Waals surface area contributed by atoms with E-state index in [0.717, 1.165) is 10.8 Å². The van der Waals surface area contributed by atoms with Gasteiger partial charge in [0.25, 0.3) is 5.91 Å². The number of hydrogen-bond donors (Lipinski definition) is 0. The molecule has 1 saturated heterocycles. The molecule has 0 atom stereocenters. The van der Waals surface area contributed by atoms with Crippen molar-refractivity contribution >= 4 is 32.7 Å². The molecule has 1 aliphatic heterocycles. The number of esters is 1. The molecular weight excluding hydrogens is 416 g/mol. The molecule has 0 N–H and O–H groups in total. The van der Waals surface area contributed by atoms with E-state index in [9.17, 15) is 18.0 Å². The van der Waals surface area contributed by atoms with Crippen LogP contribution in [0.2, 0.25) is 0 Å². The Morgan fingerprint density at radius 1 is 0.806 bits per heavy atom. The maximum atomic E-state index is 12.7. The molecule has 7 nitrogen and oxygen atoms in total. The third-order valence-electron chi connectivity index (χ3n) is 5.28. The average molecular weight is 439 g/mol. The second-order valence-electron chi connectivity index (χ2n) is 7.24. The summed E-state index contributed by atoms with van der Waals surface area (Å²) in [5.41, 5.74) is 0.380. The molecule has 0 radical (unpaired) electrons. The quantitative estimate of drug-likeness (QED) is 0.572. The SMILES string of the molecule is O=C(OCC(=O)N1CCN(S(=O)(=O)c2ccccc2)CC1)c1ccc2ccccc2c1. The molecule has 3 aromatic rings. The largest absolute Gasteiger partial charge is 0.452 e. The minimum atomic E-state index is -3.58. The molecule has 1 aliphatic rings. The first-order chi connectivity index (χ1) is 14.9. The van der Waals surface area contributed by atoms with Crippen molar-refractivity contribution < 1.29 is 22.7 Å². The van der Waals surface area contributed by atoms with Gasteiger partial charge in [-0.1, -0.05) is 48.5 Å². The summed E-state index contributed by atoms with van der Waals surface area (Å²) >= 11 is 0. The van der Waals surface area contributed by atoms with Crippen LogP contribution in [0.3, 0.4) is 0 Å². The highest BCUT2D eigenvalue weighted by molar-refractivity contribution is 7.89. The molecule has 1 heterocycles. The molecule has 0 aromatic heterocycles. The predicted molar refractivity (Wildman–Crippen MR) is 116 cm³/mol. The van der Waals surface area contributed by atoms with Crippen LogP contribution in [0, 0.1) is 0 Å². The van der Waals surface area contributed by atoms with E-state index >= 15 is 0 Å². The Morgan fingerprint density at radius 3 is 2.16 bits per heavy atom. The van der Waals surface area contributed by atoms with Gasteiger partial charge in [0.1, 0.15) is 0 Å². The zero-order valence-electron chi connectivity index (χ0n) is 16.8. The van der Waals surface area contributed by atoms with Crippen LogP contribution in [0.1, 0.15) is 10.4 Å². The van der Waals surface area contributed by atoms with Gasteiger partial charge in [-0.05, 0) is 35.0 Å². The van der Waals surface area contributed by atoms with Crippen LogP contribution in [0.4, 0.5) is 0 Å². The van der Waals surface area contributed by atoms with E-state index in [1.54, 1.807) is 42.5 Å². The topological polar surface area (TPSA) is 84.0 Å². The van der Waals surface area contributed by atoms with Gasteiger partial charge in [0, 0.05) is 26.2 Å². The van der Waals surface area contributed by atoms with E-state index in [1.165, 1.54) is 9.21 Å². The highest BCUT2D eigenvalue weighted by atomic mass is 32.2. The van der Waals surface area contributed by atoms with Crippen LogP contribution in [0.25, 0.3) is 10.8 Å². The van der Waals surface area contributed by atoms with E-state index < -0.39 is 16.0 Å². The van der Waals surface area contributed by atoms with Crippen molar-refractivity contribution in [2.24, 2.45) is 0 Å². The second kappa shape index (κ2) is 8.87. The Morgan fingerprint density at radius 2 is 1.45 bits per heavy atom.